The second-order valence-electron chi connectivity index (χ2n) is 17.9. The Morgan fingerprint density at radius 3 is 1.24 bits per heavy atom. The first-order chi connectivity index (χ1) is 31.8. The van der Waals surface area contributed by atoms with Gasteiger partial charge in [0.1, 0.15) is 27.9 Å². The van der Waals surface area contributed by atoms with Crippen LogP contribution in [0.2, 0.25) is 0 Å². The van der Waals surface area contributed by atoms with E-state index in [1.807, 2.05) is 58.3 Å². The number of hydrogen-bond acceptors (Lipinski definition) is 15. The number of thioether (sulfide) groups is 4. The molecule has 17 heteroatoms. The quantitative estimate of drug-likeness (QED) is 0.0311. The van der Waals surface area contributed by atoms with Crippen LogP contribution in [0, 0.1) is 0 Å². The van der Waals surface area contributed by atoms with Crippen LogP contribution in [0.25, 0.3) is 22.8 Å². The molecule has 0 aromatic carbocycles. The van der Waals surface area contributed by atoms with E-state index >= 15 is 0 Å². The summed E-state index contributed by atoms with van der Waals surface area (Å²) in [6.07, 6.45) is 31.1. The summed E-state index contributed by atoms with van der Waals surface area (Å²) in [6, 6.07) is 5.66. The van der Waals surface area contributed by atoms with Crippen LogP contribution in [0.5, 0.6) is 0 Å². The number of unbranched alkanes of at least 4 members (excludes halogenated alkanes) is 18. The third-order valence-electron chi connectivity index (χ3n) is 11.0. The molecular formula is C49H79N7O4S6. The fourth-order valence-electron chi connectivity index (χ4n) is 6.95. The highest BCUT2D eigenvalue weighted by Crippen LogP contribution is 2.34. The molecule has 0 N–H and O–H groups in total. The molecule has 0 saturated heterocycles. The lowest BCUT2D eigenvalue weighted by Gasteiger charge is -2.22. The first kappa shape index (κ1) is 58.3. The number of rotatable bonds is 36. The van der Waals surface area contributed by atoms with Crippen molar-refractivity contribution in [2.45, 2.75) is 205 Å². The maximum Gasteiger partial charge on any atom is 0.322 e. The molecule has 0 spiro atoms. The number of esters is 2. The minimum atomic E-state index is -0.754. The first-order valence-corrected chi connectivity index (χ1v) is 29.1. The number of pyridine rings is 1. The average Bonchev–Trinajstić information content (AvgIpc) is 3.98. The Balaban J connectivity index is 1.29. The fraction of sp³-hybridized carbons (Fsp3) is 0.735. The minimum Gasteiger partial charge on any atom is -0.465 e. The molecule has 3 aromatic heterocycles. The van der Waals surface area contributed by atoms with Crippen molar-refractivity contribution in [1.29, 1.82) is 0 Å². The molecule has 0 aliphatic rings. The van der Waals surface area contributed by atoms with Gasteiger partial charge in [-0.25, -0.2) is 4.98 Å². The van der Waals surface area contributed by atoms with Crippen LogP contribution in [0.15, 0.2) is 30.6 Å². The summed E-state index contributed by atoms with van der Waals surface area (Å²) >= 11 is 17.4. The monoisotopic (exact) mass is 1020 g/mol. The summed E-state index contributed by atoms with van der Waals surface area (Å²) in [6.45, 7) is 13.6. The normalized spacial score (nSPS) is 11.8. The molecule has 0 amide bonds. The fourth-order valence-corrected chi connectivity index (χ4v) is 13.1. The van der Waals surface area contributed by atoms with Crippen molar-refractivity contribution in [1.82, 2.24) is 35.0 Å². The maximum absolute atomic E-state index is 12.9. The molecule has 0 unspecified atom stereocenters. The zero-order chi connectivity index (χ0) is 47.9. The Bertz CT molecular complexity index is 1710. The van der Waals surface area contributed by atoms with E-state index in [0.29, 0.717) is 48.7 Å². The summed E-state index contributed by atoms with van der Waals surface area (Å²) in [5, 5.41) is 17.2. The predicted molar refractivity (Wildman–Crippen MR) is 291 cm³/mol. The number of hydrogen-bond donors (Lipinski definition) is 0. The van der Waals surface area contributed by atoms with E-state index in [9.17, 15) is 9.59 Å². The van der Waals surface area contributed by atoms with Gasteiger partial charge in [0.25, 0.3) is 0 Å². The van der Waals surface area contributed by atoms with Gasteiger partial charge in [0.05, 0.1) is 37.0 Å². The van der Waals surface area contributed by atoms with Crippen LogP contribution < -0.4 is 0 Å². The van der Waals surface area contributed by atoms with Crippen molar-refractivity contribution >= 4 is 90.5 Å². The van der Waals surface area contributed by atoms with Gasteiger partial charge in [-0.3, -0.25) is 19.0 Å². The summed E-state index contributed by atoms with van der Waals surface area (Å²) in [4.78, 5) is 30.7. The summed E-state index contributed by atoms with van der Waals surface area (Å²) < 4.78 is 14.8. The number of nitrogens with zero attached hydrogens (tertiary/aromatic N) is 7. The third-order valence-corrected chi connectivity index (χ3v) is 16.5. The Morgan fingerprint density at radius 1 is 0.530 bits per heavy atom. The van der Waals surface area contributed by atoms with Crippen molar-refractivity contribution in [3.63, 3.8) is 0 Å². The van der Waals surface area contributed by atoms with E-state index in [-0.39, 0.29) is 25.2 Å². The van der Waals surface area contributed by atoms with Crippen molar-refractivity contribution < 1.29 is 19.1 Å². The van der Waals surface area contributed by atoms with E-state index < -0.39 is 9.49 Å². The SMILES string of the molecule is CCCCCCCCCCCCSC(=S)SC(C)(C)C(=O)OCCCn1cc(-c2cccc(-c3cn(CCCOC(=O)C(C)(C)SC(=S)SCCCCCCCCCCCC)nn3)n2)nn1. The zero-order valence-corrected chi connectivity index (χ0v) is 45.8. The molecule has 0 radical (unpaired) electrons. The Labute approximate surface area is 425 Å². The van der Waals surface area contributed by atoms with Crippen molar-refractivity contribution in [2.75, 3.05) is 24.7 Å². The smallest absolute Gasteiger partial charge is 0.322 e. The van der Waals surface area contributed by atoms with Crippen LogP contribution in [0.3, 0.4) is 0 Å². The number of thiocarbonyl (C=S) groups is 2. The molecule has 0 atom stereocenters. The van der Waals surface area contributed by atoms with Gasteiger partial charge in [0, 0.05) is 25.9 Å². The molecule has 0 aliphatic carbocycles. The number of aryl methyl sites for hydroxylation is 2. The van der Waals surface area contributed by atoms with E-state index in [2.05, 4.69) is 34.5 Å². The Hall–Kier alpha value is -2.05. The van der Waals surface area contributed by atoms with Crippen molar-refractivity contribution in [3.8, 4) is 22.8 Å². The summed E-state index contributed by atoms with van der Waals surface area (Å²) in [5.74, 6) is 1.44. The minimum absolute atomic E-state index is 0.270. The molecule has 11 nitrogen and oxygen atoms in total. The van der Waals surface area contributed by atoms with Crippen LogP contribution >= 0.6 is 71.5 Å². The van der Waals surface area contributed by atoms with E-state index in [1.165, 1.54) is 139 Å². The van der Waals surface area contributed by atoms with Gasteiger partial charge in [-0.1, -0.05) is 194 Å². The molecule has 370 valence electrons. The number of carbonyl (C=O) groups is 2. The van der Waals surface area contributed by atoms with Gasteiger partial charge in [-0.2, -0.15) is 0 Å². The van der Waals surface area contributed by atoms with E-state index in [1.54, 1.807) is 32.9 Å². The molecule has 0 bridgehead atoms. The lowest BCUT2D eigenvalue weighted by Crippen LogP contribution is -2.31. The maximum atomic E-state index is 12.9. The van der Waals surface area contributed by atoms with Gasteiger partial charge in [0.2, 0.25) is 0 Å². The van der Waals surface area contributed by atoms with Crippen molar-refractivity contribution in [3.05, 3.63) is 30.6 Å². The molecule has 66 heavy (non-hydrogen) atoms. The molecule has 3 heterocycles. The topological polar surface area (TPSA) is 127 Å². The highest BCUT2D eigenvalue weighted by Gasteiger charge is 2.33. The summed E-state index contributed by atoms with van der Waals surface area (Å²) in [5.41, 5.74) is 2.56. The predicted octanol–water partition coefficient (Wildman–Crippen LogP) is 14.4. The number of ether oxygens (including phenoxy) is 2. The van der Waals surface area contributed by atoms with Crippen LogP contribution in [0.1, 0.15) is 183 Å². The number of carbonyl (C=O) groups excluding carboxylic acids is 2. The zero-order valence-electron chi connectivity index (χ0n) is 40.9. The van der Waals surface area contributed by atoms with Gasteiger partial charge in [-0.05, 0) is 64.2 Å². The van der Waals surface area contributed by atoms with Crippen molar-refractivity contribution in [2.24, 2.45) is 0 Å². The van der Waals surface area contributed by atoms with Gasteiger partial charge in [-0.15, -0.1) is 33.7 Å². The molecule has 0 aliphatic heterocycles. The highest BCUT2D eigenvalue weighted by atomic mass is 32.2. The lowest BCUT2D eigenvalue weighted by atomic mass is 10.1. The van der Waals surface area contributed by atoms with Gasteiger partial charge in [0.15, 0.2) is 0 Å². The molecule has 3 rings (SSSR count). The second-order valence-corrected chi connectivity index (χ2v) is 25.7. The first-order valence-electron chi connectivity index (χ1n) is 24.7. The Morgan fingerprint density at radius 2 is 0.879 bits per heavy atom. The van der Waals surface area contributed by atoms with Gasteiger partial charge < -0.3 is 9.47 Å². The number of aromatic nitrogens is 7. The average molecular weight is 1020 g/mol. The standard InChI is InChI=1S/C49H79N7O4S6/c1-7-9-11-13-15-17-19-21-23-25-36-63-46(61)65-48(3,4)44(57)59-34-28-32-55-38-42(51-53-55)40-30-27-31-41(50-40)43-39-56(54-52-43)33-29-35-60-45(58)49(5,6)66-47(62)64-37-26-24-22-20-18-16-14-12-10-8-2/h27,30-31,38-39H,7-26,28-29,32-37H2,1-6H3. The highest BCUT2D eigenvalue weighted by molar-refractivity contribution is 8.48. The molecule has 0 fully saturated rings. The summed E-state index contributed by atoms with van der Waals surface area (Å²) in [7, 11) is 0. The van der Waals surface area contributed by atoms with E-state index in [4.69, 9.17) is 38.9 Å². The Kier molecular flexibility index (Phi) is 30.3. The second kappa shape index (κ2) is 34.3. The van der Waals surface area contributed by atoms with Gasteiger partial charge >= 0.3 is 11.9 Å². The third kappa shape index (κ3) is 25.0. The van der Waals surface area contributed by atoms with Crippen LogP contribution in [0.4, 0.5) is 0 Å². The molecule has 3 aromatic rings. The van der Waals surface area contributed by atoms with E-state index in [0.717, 1.165) is 31.4 Å². The largest absolute Gasteiger partial charge is 0.465 e. The van der Waals surface area contributed by atoms with Crippen LogP contribution in [-0.4, -0.2) is 88.2 Å². The lowest BCUT2D eigenvalue weighted by molar-refractivity contribution is -0.146. The molecular weight excluding hydrogens is 943 g/mol. The van der Waals surface area contributed by atoms with Crippen LogP contribution in [-0.2, 0) is 32.2 Å². The molecule has 0 saturated carbocycles.